The lowest BCUT2D eigenvalue weighted by atomic mass is 10.1. The molecule has 0 bridgehead atoms. The Hall–Kier alpha value is -0.870. The molecule has 0 atom stereocenters. The van der Waals surface area contributed by atoms with Crippen LogP contribution in [0.3, 0.4) is 0 Å². The number of likely N-dealkylation sites (N-methyl/N-ethyl adjacent to an activating group) is 1. The molecule has 1 heterocycles. The number of thiophene rings is 1. The minimum absolute atomic E-state index is 0.0237. The van der Waals surface area contributed by atoms with Crippen molar-refractivity contribution in [1.82, 2.24) is 10.6 Å². The van der Waals surface area contributed by atoms with Crippen molar-refractivity contribution in [3.63, 3.8) is 0 Å². The molecule has 84 valence electrons. The van der Waals surface area contributed by atoms with Crippen LogP contribution in [0.2, 0.25) is 0 Å². The predicted octanol–water partition coefficient (Wildman–Crippen LogP) is 1.67. The molecule has 0 saturated carbocycles. The van der Waals surface area contributed by atoms with Crippen molar-refractivity contribution in [2.45, 2.75) is 32.9 Å². The third-order valence-electron chi connectivity index (χ3n) is 2.59. The van der Waals surface area contributed by atoms with Gasteiger partial charge in [-0.15, -0.1) is 0 Å². The fourth-order valence-corrected chi connectivity index (χ4v) is 1.93. The second kappa shape index (κ2) is 4.77. The number of carbonyl (C=O) groups is 1. The summed E-state index contributed by atoms with van der Waals surface area (Å²) in [6, 6.07) is 0. The third kappa shape index (κ3) is 3.04. The van der Waals surface area contributed by atoms with Crippen LogP contribution in [0.15, 0.2) is 10.8 Å². The van der Waals surface area contributed by atoms with E-state index in [9.17, 15) is 4.79 Å². The van der Waals surface area contributed by atoms with Crippen molar-refractivity contribution in [3.05, 3.63) is 21.9 Å². The average molecular weight is 226 g/mol. The van der Waals surface area contributed by atoms with Gasteiger partial charge in [0, 0.05) is 6.54 Å². The Bertz CT molecular complexity index is 344. The van der Waals surface area contributed by atoms with E-state index in [1.807, 2.05) is 13.8 Å². The maximum atomic E-state index is 11.7. The first-order valence-electron chi connectivity index (χ1n) is 4.96. The Morgan fingerprint density at radius 1 is 1.47 bits per heavy atom. The highest BCUT2D eigenvalue weighted by Crippen LogP contribution is 2.13. The van der Waals surface area contributed by atoms with E-state index in [2.05, 4.69) is 28.3 Å². The minimum Gasteiger partial charge on any atom is -0.350 e. The molecule has 1 aromatic heterocycles. The molecule has 1 rings (SSSR count). The van der Waals surface area contributed by atoms with Gasteiger partial charge in [-0.2, -0.15) is 11.3 Å². The van der Waals surface area contributed by atoms with Gasteiger partial charge in [-0.25, -0.2) is 0 Å². The zero-order chi connectivity index (χ0) is 11.5. The SMILES string of the molecule is CNC(C)(C)C(=O)NCc1cscc1C. The first-order chi connectivity index (χ1) is 6.97. The van der Waals surface area contributed by atoms with Crippen LogP contribution >= 0.6 is 11.3 Å². The molecular formula is C11H18N2OS. The Balaban J connectivity index is 2.52. The normalized spacial score (nSPS) is 11.5. The lowest BCUT2D eigenvalue weighted by Crippen LogP contribution is -2.50. The van der Waals surface area contributed by atoms with Crippen LogP contribution in [0, 0.1) is 6.92 Å². The molecule has 4 heteroatoms. The van der Waals surface area contributed by atoms with Gasteiger partial charge >= 0.3 is 0 Å². The van der Waals surface area contributed by atoms with E-state index in [1.54, 1.807) is 18.4 Å². The number of hydrogen-bond acceptors (Lipinski definition) is 3. The van der Waals surface area contributed by atoms with E-state index in [0.717, 1.165) is 0 Å². The Morgan fingerprint density at radius 3 is 2.60 bits per heavy atom. The fraction of sp³-hybridized carbons (Fsp3) is 0.545. The standard InChI is InChI=1S/C11H18N2OS/c1-8-6-15-7-9(8)5-13-10(14)11(2,3)12-4/h6-7,12H,5H2,1-4H3,(H,13,14). The number of rotatable bonds is 4. The summed E-state index contributed by atoms with van der Waals surface area (Å²) in [6.07, 6.45) is 0. The topological polar surface area (TPSA) is 41.1 Å². The first kappa shape index (κ1) is 12.2. The molecule has 15 heavy (non-hydrogen) atoms. The molecule has 2 N–H and O–H groups in total. The Kier molecular flexibility index (Phi) is 3.88. The fourth-order valence-electron chi connectivity index (χ4n) is 1.08. The van der Waals surface area contributed by atoms with E-state index >= 15 is 0 Å². The van der Waals surface area contributed by atoms with Crippen LogP contribution in [0.1, 0.15) is 25.0 Å². The van der Waals surface area contributed by atoms with Crippen LogP contribution in [-0.4, -0.2) is 18.5 Å². The monoisotopic (exact) mass is 226 g/mol. The molecule has 0 aliphatic carbocycles. The molecule has 1 amide bonds. The van der Waals surface area contributed by atoms with Gasteiger partial charge in [0.05, 0.1) is 5.54 Å². The van der Waals surface area contributed by atoms with Gasteiger partial charge in [-0.3, -0.25) is 4.79 Å². The minimum atomic E-state index is -0.510. The zero-order valence-electron chi connectivity index (χ0n) is 9.68. The third-order valence-corrected chi connectivity index (χ3v) is 3.50. The van der Waals surface area contributed by atoms with Gasteiger partial charge in [0.15, 0.2) is 0 Å². The number of nitrogens with one attached hydrogen (secondary N) is 2. The van der Waals surface area contributed by atoms with Crippen molar-refractivity contribution in [2.75, 3.05) is 7.05 Å². The lowest BCUT2D eigenvalue weighted by Gasteiger charge is -2.22. The van der Waals surface area contributed by atoms with Crippen LogP contribution in [0.25, 0.3) is 0 Å². The molecule has 0 aliphatic heterocycles. The second-order valence-corrected chi connectivity index (χ2v) is 4.88. The van der Waals surface area contributed by atoms with Gasteiger partial charge < -0.3 is 10.6 Å². The maximum Gasteiger partial charge on any atom is 0.239 e. The number of hydrogen-bond donors (Lipinski definition) is 2. The number of aryl methyl sites for hydroxylation is 1. The number of amides is 1. The second-order valence-electron chi connectivity index (χ2n) is 4.14. The van der Waals surface area contributed by atoms with Crippen molar-refractivity contribution >= 4 is 17.2 Å². The van der Waals surface area contributed by atoms with Crippen molar-refractivity contribution < 1.29 is 4.79 Å². The van der Waals surface area contributed by atoms with Crippen molar-refractivity contribution in [2.24, 2.45) is 0 Å². The van der Waals surface area contributed by atoms with Gasteiger partial charge in [0.25, 0.3) is 0 Å². The molecular weight excluding hydrogens is 208 g/mol. The summed E-state index contributed by atoms with van der Waals surface area (Å²) in [5, 5.41) is 10.1. The largest absolute Gasteiger partial charge is 0.350 e. The Labute approximate surface area is 94.9 Å². The van der Waals surface area contributed by atoms with Crippen LogP contribution < -0.4 is 10.6 Å². The van der Waals surface area contributed by atoms with E-state index in [1.165, 1.54) is 11.1 Å². The first-order valence-corrected chi connectivity index (χ1v) is 5.90. The highest BCUT2D eigenvalue weighted by Gasteiger charge is 2.24. The molecule has 0 unspecified atom stereocenters. The molecule has 1 aromatic rings. The average Bonchev–Trinajstić information content (AvgIpc) is 2.60. The van der Waals surface area contributed by atoms with Crippen molar-refractivity contribution in [3.8, 4) is 0 Å². The molecule has 0 aromatic carbocycles. The van der Waals surface area contributed by atoms with Gasteiger partial charge in [-0.05, 0) is 49.7 Å². The zero-order valence-corrected chi connectivity index (χ0v) is 10.5. The summed E-state index contributed by atoms with van der Waals surface area (Å²) < 4.78 is 0. The van der Waals surface area contributed by atoms with E-state index in [0.29, 0.717) is 6.54 Å². The highest BCUT2D eigenvalue weighted by atomic mass is 32.1. The predicted molar refractivity (Wildman–Crippen MR) is 64.0 cm³/mol. The molecule has 3 nitrogen and oxygen atoms in total. The van der Waals surface area contributed by atoms with E-state index in [4.69, 9.17) is 0 Å². The summed E-state index contributed by atoms with van der Waals surface area (Å²) in [7, 11) is 1.79. The molecule has 0 radical (unpaired) electrons. The maximum absolute atomic E-state index is 11.7. The molecule has 0 aliphatic rings. The highest BCUT2D eigenvalue weighted by molar-refractivity contribution is 7.08. The molecule has 0 saturated heterocycles. The van der Waals surface area contributed by atoms with Gasteiger partial charge in [0.1, 0.15) is 0 Å². The summed E-state index contributed by atoms with van der Waals surface area (Å²) in [4.78, 5) is 11.7. The quantitative estimate of drug-likeness (QED) is 0.820. The molecule has 0 spiro atoms. The summed E-state index contributed by atoms with van der Waals surface area (Å²) >= 11 is 1.66. The lowest BCUT2D eigenvalue weighted by molar-refractivity contribution is -0.126. The summed E-state index contributed by atoms with van der Waals surface area (Å²) in [5.41, 5.74) is 1.92. The van der Waals surface area contributed by atoms with Gasteiger partial charge in [-0.1, -0.05) is 0 Å². The summed E-state index contributed by atoms with van der Waals surface area (Å²) in [5.74, 6) is 0.0237. The van der Waals surface area contributed by atoms with Gasteiger partial charge in [0.2, 0.25) is 5.91 Å². The van der Waals surface area contributed by atoms with Crippen LogP contribution in [0.4, 0.5) is 0 Å². The Morgan fingerprint density at radius 2 is 2.13 bits per heavy atom. The smallest absolute Gasteiger partial charge is 0.239 e. The number of carbonyl (C=O) groups excluding carboxylic acids is 1. The molecule has 0 fully saturated rings. The van der Waals surface area contributed by atoms with Crippen molar-refractivity contribution in [1.29, 1.82) is 0 Å². The van der Waals surface area contributed by atoms with E-state index in [-0.39, 0.29) is 5.91 Å². The van der Waals surface area contributed by atoms with Crippen LogP contribution in [-0.2, 0) is 11.3 Å². The van der Waals surface area contributed by atoms with Crippen LogP contribution in [0.5, 0.6) is 0 Å². The van der Waals surface area contributed by atoms with E-state index < -0.39 is 5.54 Å². The summed E-state index contributed by atoms with van der Waals surface area (Å²) in [6.45, 7) is 6.39.